The lowest BCUT2D eigenvalue weighted by atomic mass is 10.3. The highest BCUT2D eigenvalue weighted by atomic mass is 32.1. The molecule has 0 atom stereocenters. The van der Waals surface area contributed by atoms with Gasteiger partial charge >= 0.3 is 7.60 Å². The first kappa shape index (κ1) is 14.1. The highest BCUT2D eigenvalue weighted by Crippen LogP contribution is 2.56. The fourth-order valence-corrected chi connectivity index (χ4v) is 3.28. The normalized spacial score (nSPS) is 12.4. The maximum absolute atomic E-state index is 12.3. The summed E-state index contributed by atoms with van der Waals surface area (Å²) in [5, 5.41) is 12.9. The van der Waals surface area contributed by atoms with Gasteiger partial charge in [0.25, 0.3) is 0 Å². The van der Waals surface area contributed by atoms with Gasteiger partial charge in [0.1, 0.15) is 11.4 Å². The van der Waals surface area contributed by atoms with Crippen molar-refractivity contribution in [1.82, 2.24) is 0 Å². The second kappa shape index (κ2) is 6.73. The summed E-state index contributed by atoms with van der Waals surface area (Å²) in [5.74, 6) is 0. The van der Waals surface area contributed by atoms with Crippen LogP contribution < -0.4 is 0 Å². The van der Waals surface area contributed by atoms with Crippen molar-refractivity contribution in [3.8, 4) is 6.07 Å². The third-order valence-corrected chi connectivity index (χ3v) is 4.57. The molecule has 0 saturated carbocycles. The molecule has 0 spiro atoms. The molecule has 17 heavy (non-hydrogen) atoms. The molecular formula is C11H14NO3PS. The van der Waals surface area contributed by atoms with E-state index in [1.54, 1.807) is 19.9 Å². The van der Waals surface area contributed by atoms with Crippen LogP contribution in [0.1, 0.15) is 19.4 Å². The van der Waals surface area contributed by atoms with Crippen molar-refractivity contribution < 1.29 is 13.6 Å². The van der Waals surface area contributed by atoms with Crippen LogP contribution in [-0.4, -0.2) is 13.2 Å². The Balaban J connectivity index is 3.06. The van der Waals surface area contributed by atoms with Crippen molar-refractivity contribution in [2.75, 3.05) is 13.2 Å². The molecule has 92 valence electrons. The molecule has 0 N–H and O–H groups in total. The van der Waals surface area contributed by atoms with Crippen LogP contribution >= 0.6 is 18.9 Å². The van der Waals surface area contributed by atoms with Crippen LogP contribution in [0, 0.1) is 11.3 Å². The molecule has 0 radical (unpaired) electrons. The second-order valence-corrected chi connectivity index (χ2v) is 5.80. The molecule has 0 unspecified atom stereocenters. The van der Waals surface area contributed by atoms with Gasteiger partial charge in [0.2, 0.25) is 0 Å². The molecule has 0 aromatic carbocycles. The van der Waals surface area contributed by atoms with E-state index >= 15 is 0 Å². The van der Waals surface area contributed by atoms with E-state index in [1.165, 1.54) is 11.3 Å². The molecule has 0 aliphatic rings. The topological polar surface area (TPSA) is 59.3 Å². The molecular weight excluding hydrogens is 257 g/mol. The van der Waals surface area contributed by atoms with Crippen molar-refractivity contribution >= 4 is 25.0 Å². The first-order chi connectivity index (χ1) is 8.16. The number of hydrogen-bond acceptors (Lipinski definition) is 5. The van der Waals surface area contributed by atoms with Crippen molar-refractivity contribution in [2.45, 2.75) is 13.8 Å². The van der Waals surface area contributed by atoms with Gasteiger partial charge in [0, 0.05) is 0 Å². The molecule has 0 aliphatic carbocycles. The number of nitrogens with zero attached hydrogens (tertiary/aromatic N) is 1. The Morgan fingerprint density at radius 2 is 2.18 bits per heavy atom. The summed E-state index contributed by atoms with van der Waals surface area (Å²) in [6.07, 6.45) is 1.54. The lowest BCUT2D eigenvalue weighted by Crippen LogP contribution is -1.97. The first-order valence-corrected chi connectivity index (χ1v) is 7.68. The Kier molecular flexibility index (Phi) is 5.60. The largest absolute Gasteiger partial charge is 0.371 e. The van der Waals surface area contributed by atoms with E-state index in [9.17, 15) is 4.57 Å². The van der Waals surface area contributed by atoms with Gasteiger partial charge in [-0.25, -0.2) is 0 Å². The lowest BCUT2D eigenvalue weighted by molar-refractivity contribution is 0.227. The average Bonchev–Trinajstić information content (AvgIpc) is 2.79. The monoisotopic (exact) mass is 271 g/mol. The quantitative estimate of drug-likeness (QED) is 0.582. The summed E-state index contributed by atoms with van der Waals surface area (Å²) >= 11 is 1.50. The van der Waals surface area contributed by atoms with Crippen LogP contribution in [0.25, 0.3) is 6.08 Å². The maximum Gasteiger partial charge on any atom is 0.371 e. The maximum atomic E-state index is 12.3. The van der Waals surface area contributed by atoms with Gasteiger partial charge in [0.15, 0.2) is 0 Å². The van der Waals surface area contributed by atoms with Crippen LogP contribution in [0.2, 0.25) is 0 Å². The Hall–Kier alpha value is -0.920. The number of allylic oxidation sites excluding steroid dienone is 1. The number of hydrogen-bond donors (Lipinski definition) is 0. The van der Waals surface area contributed by atoms with E-state index in [0.29, 0.717) is 0 Å². The minimum Gasteiger partial charge on any atom is -0.305 e. The molecule has 0 amide bonds. The van der Waals surface area contributed by atoms with Crippen molar-refractivity contribution in [3.63, 3.8) is 0 Å². The van der Waals surface area contributed by atoms with Gasteiger partial charge < -0.3 is 9.05 Å². The Morgan fingerprint density at radius 3 is 2.59 bits per heavy atom. The minimum absolute atomic E-state index is 0.0413. The highest BCUT2D eigenvalue weighted by molar-refractivity contribution is 7.59. The molecule has 0 bridgehead atoms. The van der Waals surface area contributed by atoms with E-state index in [0.717, 1.165) is 5.56 Å². The van der Waals surface area contributed by atoms with E-state index in [2.05, 4.69) is 0 Å². The summed E-state index contributed by atoms with van der Waals surface area (Å²) in [7, 11) is -3.47. The fourth-order valence-electron chi connectivity index (χ4n) is 1.20. The predicted molar refractivity (Wildman–Crippen MR) is 68.8 cm³/mol. The average molecular weight is 271 g/mol. The summed E-state index contributed by atoms with van der Waals surface area (Å²) in [6, 6.07) is 3.74. The lowest BCUT2D eigenvalue weighted by Gasteiger charge is -2.15. The van der Waals surface area contributed by atoms with Crippen LogP contribution in [0.5, 0.6) is 0 Å². The highest BCUT2D eigenvalue weighted by Gasteiger charge is 2.29. The van der Waals surface area contributed by atoms with Crippen LogP contribution in [0.3, 0.4) is 0 Å². The van der Waals surface area contributed by atoms with Crippen LogP contribution in [0.15, 0.2) is 22.1 Å². The molecule has 1 aromatic heterocycles. The summed E-state index contributed by atoms with van der Waals surface area (Å²) in [5.41, 5.74) is 0.825. The summed E-state index contributed by atoms with van der Waals surface area (Å²) in [4.78, 5) is 0. The summed E-state index contributed by atoms with van der Waals surface area (Å²) in [6.45, 7) is 3.90. The first-order valence-electron chi connectivity index (χ1n) is 5.20. The predicted octanol–water partition coefficient (Wildman–Crippen LogP) is 3.88. The molecule has 0 fully saturated rings. The van der Waals surface area contributed by atoms with E-state index in [1.807, 2.05) is 22.9 Å². The van der Waals surface area contributed by atoms with E-state index in [4.69, 9.17) is 14.3 Å². The molecule has 0 saturated heterocycles. The van der Waals surface area contributed by atoms with Crippen molar-refractivity contribution in [2.24, 2.45) is 0 Å². The SMILES string of the molecule is CCOP(=O)(OCC)C(C#N)=Cc1ccsc1. The Bertz CT molecular complexity index is 452. The molecule has 1 heterocycles. The zero-order valence-corrected chi connectivity index (χ0v) is 11.5. The van der Waals surface area contributed by atoms with Crippen molar-refractivity contribution in [3.05, 3.63) is 27.7 Å². The van der Waals surface area contributed by atoms with Gasteiger partial charge in [-0.05, 0) is 42.3 Å². The van der Waals surface area contributed by atoms with Gasteiger partial charge in [0.05, 0.1) is 13.2 Å². The number of thiophene rings is 1. The molecule has 1 rings (SSSR count). The standard InChI is InChI=1S/C11H14NO3PS/c1-3-14-16(13,15-4-2)11(8-12)7-10-5-6-17-9-10/h5-7,9H,3-4H2,1-2H3. The van der Waals surface area contributed by atoms with Crippen LogP contribution in [-0.2, 0) is 13.6 Å². The van der Waals surface area contributed by atoms with E-state index < -0.39 is 7.60 Å². The zero-order valence-electron chi connectivity index (χ0n) is 9.75. The summed E-state index contributed by atoms with van der Waals surface area (Å²) < 4.78 is 22.6. The van der Waals surface area contributed by atoms with Gasteiger partial charge in [-0.15, -0.1) is 0 Å². The fraction of sp³-hybridized carbons (Fsp3) is 0.364. The number of nitriles is 1. The second-order valence-electron chi connectivity index (χ2n) is 3.03. The molecule has 6 heteroatoms. The zero-order chi connectivity index (χ0) is 12.7. The van der Waals surface area contributed by atoms with Gasteiger partial charge in [-0.1, -0.05) is 0 Å². The minimum atomic E-state index is -3.47. The molecule has 1 aromatic rings. The van der Waals surface area contributed by atoms with E-state index in [-0.39, 0.29) is 18.5 Å². The Labute approximate surface area is 105 Å². The third-order valence-electron chi connectivity index (χ3n) is 1.85. The van der Waals surface area contributed by atoms with Gasteiger partial charge in [-0.3, -0.25) is 4.57 Å². The van der Waals surface area contributed by atoms with Crippen LogP contribution in [0.4, 0.5) is 0 Å². The van der Waals surface area contributed by atoms with Gasteiger partial charge in [-0.2, -0.15) is 16.6 Å². The smallest absolute Gasteiger partial charge is 0.305 e. The number of rotatable bonds is 6. The molecule has 0 aliphatic heterocycles. The third kappa shape index (κ3) is 3.79. The Morgan fingerprint density at radius 1 is 1.53 bits per heavy atom. The molecule has 4 nitrogen and oxygen atoms in total. The van der Waals surface area contributed by atoms with Crippen molar-refractivity contribution in [1.29, 1.82) is 5.26 Å².